The van der Waals surface area contributed by atoms with Crippen molar-refractivity contribution in [2.24, 2.45) is 0 Å². The number of nitrogens with one attached hydrogen (secondary N) is 1. The molecule has 1 saturated heterocycles. The number of nitrogens with zero attached hydrogens (tertiary/aromatic N) is 1. The van der Waals surface area contributed by atoms with Crippen LogP contribution < -0.4 is 10.1 Å². The molecule has 0 unspecified atom stereocenters. The lowest BCUT2D eigenvalue weighted by molar-refractivity contribution is -0.144. The molecule has 1 N–H and O–H groups in total. The lowest BCUT2D eigenvalue weighted by Crippen LogP contribution is -2.46. The van der Waals surface area contributed by atoms with Crippen molar-refractivity contribution in [1.29, 1.82) is 0 Å². The molecular weight excluding hydrogens is 388 g/mol. The van der Waals surface area contributed by atoms with Gasteiger partial charge in [0.25, 0.3) is 0 Å². The Kier molecular flexibility index (Phi) is 6.56. The average molecular weight is 406 g/mol. The topological polar surface area (TPSA) is 24.5 Å². The van der Waals surface area contributed by atoms with Crippen molar-refractivity contribution in [2.75, 3.05) is 33.3 Å². The van der Waals surface area contributed by atoms with Gasteiger partial charge < -0.3 is 10.1 Å². The minimum atomic E-state index is -5.17. The molecule has 1 heterocycles. The molecule has 1 aliphatic rings. The largest absolute Gasteiger partial charge is 0.496 e. The molecule has 11 heteroatoms. The van der Waals surface area contributed by atoms with Crippen LogP contribution in [0.5, 0.6) is 5.75 Å². The van der Waals surface area contributed by atoms with Crippen LogP contribution >= 0.6 is 0 Å². The lowest BCUT2D eigenvalue weighted by Gasteiger charge is -2.37. The summed E-state index contributed by atoms with van der Waals surface area (Å²) in [4.78, 5) is 1.41. The van der Waals surface area contributed by atoms with Gasteiger partial charge in [-0.15, -0.1) is 0 Å². The molecule has 2 rings (SSSR count). The number of rotatable bonds is 5. The quantitative estimate of drug-likeness (QED) is 0.737. The number of ether oxygens (including phenoxy) is 1. The van der Waals surface area contributed by atoms with Gasteiger partial charge in [-0.25, -0.2) is 8.78 Å². The average Bonchev–Trinajstić information content (AvgIpc) is 2.57. The molecule has 0 aliphatic carbocycles. The van der Waals surface area contributed by atoms with Crippen LogP contribution in [0.2, 0.25) is 0 Å². The molecule has 0 aromatic heterocycles. The molecular formula is C16H18F8N2O. The molecule has 1 aromatic rings. The predicted molar refractivity (Wildman–Crippen MR) is 80.8 cm³/mol. The highest BCUT2D eigenvalue weighted by Gasteiger charge is 2.43. The first-order valence-electron chi connectivity index (χ1n) is 8.04. The SMILES string of the molecule is COc1cc(C(F)(F)F)cc(C(F)(F)F)c1[C@@H](CC(F)F)N1CCNCC1. The summed E-state index contributed by atoms with van der Waals surface area (Å²) in [5.74, 6) is -0.707. The number of hydrogen-bond acceptors (Lipinski definition) is 3. The standard InChI is InChI=1S/C16H18F8N2O/c1-27-12-7-9(15(19,20)21)6-10(16(22,23)24)14(12)11(8-13(17)18)26-4-2-25-3-5-26/h6-7,11,13,25H,2-5,8H2,1H3/t11-/m1/s1. The van der Waals surface area contributed by atoms with Crippen molar-refractivity contribution in [3.05, 3.63) is 28.8 Å². The summed E-state index contributed by atoms with van der Waals surface area (Å²) < 4.78 is 111. The zero-order chi connectivity index (χ0) is 20.4. The van der Waals surface area contributed by atoms with Gasteiger partial charge in [0.15, 0.2) is 0 Å². The minimum absolute atomic E-state index is 0.0431. The fraction of sp³-hybridized carbons (Fsp3) is 0.625. The molecule has 27 heavy (non-hydrogen) atoms. The molecule has 0 bridgehead atoms. The predicted octanol–water partition coefficient (Wildman–Crippen LogP) is 4.33. The molecule has 1 aliphatic heterocycles. The van der Waals surface area contributed by atoms with E-state index in [1.165, 1.54) is 4.90 Å². The smallest absolute Gasteiger partial charge is 0.416 e. The molecule has 0 radical (unpaired) electrons. The fourth-order valence-electron chi connectivity index (χ4n) is 3.15. The van der Waals surface area contributed by atoms with Crippen LogP contribution in [0.25, 0.3) is 0 Å². The molecule has 1 fully saturated rings. The third-order valence-electron chi connectivity index (χ3n) is 4.32. The van der Waals surface area contributed by atoms with Crippen LogP contribution in [-0.4, -0.2) is 44.6 Å². The molecule has 1 aromatic carbocycles. The highest BCUT2D eigenvalue weighted by Crippen LogP contribution is 2.46. The van der Waals surface area contributed by atoms with Gasteiger partial charge in [-0.05, 0) is 12.1 Å². The van der Waals surface area contributed by atoms with Gasteiger partial charge in [-0.1, -0.05) is 0 Å². The van der Waals surface area contributed by atoms with E-state index in [0.29, 0.717) is 19.2 Å². The van der Waals surface area contributed by atoms with Crippen LogP contribution in [0.3, 0.4) is 0 Å². The van der Waals surface area contributed by atoms with E-state index in [4.69, 9.17) is 4.74 Å². The van der Waals surface area contributed by atoms with E-state index in [1.807, 2.05) is 0 Å². The number of alkyl halides is 8. The van der Waals surface area contributed by atoms with Gasteiger partial charge in [0.1, 0.15) is 5.75 Å². The first kappa shape index (κ1) is 21.7. The van der Waals surface area contributed by atoms with Gasteiger partial charge in [0.05, 0.1) is 18.2 Å². The first-order chi connectivity index (χ1) is 12.4. The van der Waals surface area contributed by atoms with E-state index in [1.54, 1.807) is 0 Å². The number of hydrogen-bond donors (Lipinski definition) is 1. The Hall–Kier alpha value is -1.62. The zero-order valence-electron chi connectivity index (χ0n) is 14.2. The molecule has 154 valence electrons. The van der Waals surface area contributed by atoms with Crippen molar-refractivity contribution in [2.45, 2.75) is 31.2 Å². The van der Waals surface area contributed by atoms with Crippen LogP contribution in [0, 0.1) is 0 Å². The Morgan fingerprint density at radius 1 is 1.04 bits per heavy atom. The van der Waals surface area contributed by atoms with Gasteiger partial charge in [0.2, 0.25) is 6.43 Å². The van der Waals surface area contributed by atoms with E-state index in [2.05, 4.69) is 5.32 Å². The van der Waals surface area contributed by atoms with Gasteiger partial charge >= 0.3 is 12.4 Å². The fourth-order valence-corrected chi connectivity index (χ4v) is 3.15. The second-order valence-corrected chi connectivity index (χ2v) is 6.06. The second kappa shape index (κ2) is 8.17. The van der Waals surface area contributed by atoms with Gasteiger partial charge in [-0.3, -0.25) is 4.90 Å². The second-order valence-electron chi connectivity index (χ2n) is 6.06. The third-order valence-corrected chi connectivity index (χ3v) is 4.32. The Labute approximate surface area is 150 Å². The van der Waals surface area contributed by atoms with Crippen molar-refractivity contribution < 1.29 is 39.9 Å². The van der Waals surface area contributed by atoms with Crippen LogP contribution in [0.1, 0.15) is 29.2 Å². The summed E-state index contributed by atoms with van der Waals surface area (Å²) in [5.41, 5.74) is -3.86. The highest BCUT2D eigenvalue weighted by molar-refractivity contribution is 5.48. The van der Waals surface area contributed by atoms with Crippen molar-refractivity contribution in [1.82, 2.24) is 10.2 Å². The Morgan fingerprint density at radius 3 is 2.07 bits per heavy atom. The molecule has 3 nitrogen and oxygen atoms in total. The Balaban J connectivity index is 2.68. The summed E-state index contributed by atoms with van der Waals surface area (Å²) >= 11 is 0. The molecule has 0 spiro atoms. The van der Waals surface area contributed by atoms with Crippen molar-refractivity contribution in [3.63, 3.8) is 0 Å². The Morgan fingerprint density at radius 2 is 1.63 bits per heavy atom. The summed E-state index contributed by atoms with van der Waals surface area (Å²) in [6, 6.07) is -1.05. The number of benzene rings is 1. The maximum Gasteiger partial charge on any atom is 0.416 e. The minimum Gasteiger partial charge on any atom is -0.496 e. The maximum atomic E-state index is 13.6. The monoisotopic (exact) mass is 406 g/mol. The van der Waals surface area contributed by atoms with E-state index in [0.717, 1.165) is 7.11 Å². The van der Waals surface area contributed by atoms with E-state index in [-0.39, 0.29) is 19.2 Å². The zero-order valence-corrected chi connectivity index (χ0v) is 14.2. The summed E-state index contributed by atoms with van der Waals surface area (Å²) in [6.45, 7) is 1.09. The molecule has 0 saturated carbocycles. The van der Waals surface area contributed by atoms with Crippen LogP contribution in [0.4, 0.5) is 35.1 Å². The third kappa shape index (κ3) is 5.22. The number of piperazine rings is 1. The Bertz CT molecular complexity index is 639. The summed E-state index contributed by atoms with van der Waals surface area (Å²) in [6.07, 6.45) is -14.1. The van der Waals surface area contributed by atoms with Crippen molar-refractivity contribution >= 4 is 0 Å². The lowest BCUT2D eigenvalue weighted by atomic mass is 9.92. The van der Waals surface area contributed by atoms with E-state index in [9.17, 15) is 35.1 Å². The first-order valence-corrected chi connectivity index (χ1v) is 8.04. The van der Waals surface area contributed by atoms with Crippen LogP contribution in [0.15, 0.2) is 12.1 Å². The van der Waals surface area contributed by atoms with Gasteiger partial charge in [0, 0.05) is 44.2 Å². The molecule has 1 atom stereocenters. The molecule has 0 amide bonds. The summed E-state index contributed by atoms with van der Waals surface area (Å²) in [5, 5.41) is 2.95. The number of methoxy groups -OCH3 is 1. The summed E-state index contributed by atoms with van der Waals surface area (Å²) in [7, 11) is 0.913. The number of halogens is 8. The van der Waals surface area contributed by atoms with Crippen molar-refractivity contribution in [3.8, 4) is 5.75 Å². The highest BCUT2D eigenvalue weighted by atomic mass is 19.4. The normalized spacial score (nSPS) is 18.0. The van der Waals surface area contributed by atoms with Gasteiger partial charge in [-0.2, -0.15) is 26.3 Å². The van der Waals surface area contributed by atoms with Crippen LogP contribution in [-0.2, 0) is 12.4 Å². The maximum absolute atomic E-state index is 13.6. The van der Waals surface area contributed by atoms with E-state index < -0.39 is 53.7 Å². The van der Waals surface area contributed by atoms with E-state index >= 15 is 0 Å².